The highest BCUT2D eigenvalue weighted by Gasteiger charge is 2.31. The molecule has 0 aliphatic rings. The van der Waals surface area contributed by atoms with E-state index in [2.05, 4.69) is 14.8 Å². The summed E-state index contributed by atoms with van der Waals surface area (Å²) in [6, 6.07) is 10.7. The smallest absolute Gasteiger partial charge is 0.406 e. The van der Waals surface area contributed by atoms with Gasteiger partial charge >= 0.3 is 12.7 Å². The van der Waals surface area contributed by atoms with Gasteiger partial charge < -0.3 is 14.8 Å². The number of alkyl halides is 6. The highest BCUT2D eigenvalue weighted by atomic mass is 19.4. The van der Waals surface area contributed by atoms with Gasteiger partial charge in [0, 0.05) is 13.1 Å². The van der Waals surface area contributed by atoms with Gasteiger partial charge in [-0.2, -0.15) is 0 Å². The molecule has 2 rings (SSSR count). The molecule has 3 nitrogen and oxygen atoms in total. The monoisotopic (exact) mass is 395 g/mol. The van der Waals surface area contributed by atoms with Crippen molar-refractivity contribution in [2.24, 2.45) is 0 Å². The molecule has 0 radical (unpaired) electrons. The lowest BCUT2D eigenvalue weighted by Gasteiger charge is -2.10. The second kappa shape index (κ2) is 10.1. The Morgan fingerprint density at radius 2 is 0.926 bits per heavy atom. The number of hydrogen-bond acceptors (Lipinski definition) is 3. The number of halogens is 6. The Bertz CT molecular complexity index is 607. The molecule has 0 unspecified atom stereocenters. The largest absolute Gasteiger partial charge is 0.573 e. The molecule has 2 aromatic carbocycles. The van der Waals surface area contributed by atoms with Crippen molar-refractivity contribution in [2.75, 3.05) is 0 Å². The molecule has 27 heavy (non-hydrogen) atoms. The molecule has 150 valence electrons. The van der Waals surface area contributed by atoms with Crippen LogP contribution in [0.4, 0.5) is 26.3 Å². The summed E-state index contributed by atoms with van der Waals surface area (Å²) in [5.41, 5.74) is 1.46. The van der Waals surface area contributed by atoms with Gasteiger partial charge in [0.2, 0.25) is 0 Å². The van der Waals surface area contributed by atoms with E-state index in [1.807, 2.05) is 13.8 Å². The highest BCUT2D eigenvalue weighted by Crippen LogP contribution is 2.23. The molecule has 0 atom stereocenters. The van der Waals surface area contributed by atoms with Crippen molar-refractivity contribution in [3.63, 3.8) is 0 Å². The molecule has 0 saturated carbocycles. The number of hydrogen-bond donors (Lipinski definition) is 1. The van der Waals surface area contributed by atoms with Crippen molar-refractivity contribution < 1.29 is 35.8 Å². The van der Waals surface area contributed by atoms with Crippen molar-refractivity contribution in [2.45, 2.75) is 39.7 Å². The maximum Gasteiger partial charge on any atom is 0.573 e. The average Bonchev–Trinajstić information content (AvgIpc) is 2.57. The molecule has 0 bridgehead atoms. The molecule has 0 aliphatic heterocycles. The van der Waals surface area contributed by atoms with E-state index in [0.717, 1.165) is 11.1 Å². The average molecular weight is 395 g/mol. The minimum Gasteiger partial charge on any atom is -0.406 e. The van der Waals surface area contributed by atoms with Gasteiger partial charge in [0.05, 0.1) is 0 Å². The number of benzene rings is 2. The maximum atomic E-state index is 12.0. The summed E-state index contributed by atoms with van der Waals surface area (Å²) >= 11 is 0. The minimum atomic E-state index is -4.73. The summed E-state index contributed by atoms with van der Waals surface area (Å²) in [5.74, 6) is -0.618. The van der Waals surface area contributed by atoms with E-state index in [0.29, 0.717) is 13.1 Å². The first-order valence-electron chi connectivity index (χ1n) is 8.01. The van der Waals surface area contributed by atoms with Crippen LogP contribution < -0.4 is 14.8 Å². The van der Waals surface area contributed by atoms with Crippen LogP contribution in [0, 0.1) is 0 Å². The molecule has 2 aromatic rings. The third kappa shape index (κ3) is 9.74. The number of ether oxygens (including phenoxy) is 2. The molecule has 0 fully saturated rings. The van der Waals surface area contributed by atoms with E-state index in [1.165, 1.54) is 48.5 Å². The molecule has 0 aliphatic carbocycles. The quantitative estimate of drug-likeness (QED) is 0.627. The van der Waals surface area contributed by atoms with Gasteiger partial charge in [-0.1, -0.05) is 38.1 Å². The van der Waals surface area contributed by atoms with Gasteiger partial charge in [0.25, 0.3) is 0 Å². The van der Waals surface area contributed by atoms with Crippen molar-refractivity contribution in [3.8, 4) is 11.5 Å². The van der Waals surface area contributed by atoms with Gasteiger partial charge in [-0.05, 0) is 35.4 Å². The second-order valence-electron chi connectivity index (χ2n) is 4.99. The number of nitrogens with one attached hydrogen (secondary N) is 1. The van der Waals surface area contributed by atoms with Crippen molar-refractivity contribution in [1.82, 2.24) is 5.32 Å². The minimum absolute atomic E-state index is 0.309. The first-order valence-corrected chi connectivity index (χ1v) is 8.01. The Labute approximate surface area is 152 Å². The van der Waals surface area contributed by atoms with Gasteiger partial charge in [0.15, 0.2) is 0 Å². The third-order valence-corrected chi connectivity index (χ3v) is 2.97. The Morgan fingerprint density at radius 3 is 1.19 bits per heavy atom. The molecule has 0 heterocycles. The molecule has 0 spiro atoms. The first-order chi connectivity index (χ1) is 12.6. The van der Waals surface area contributed by atoms with Crippen LogP contribution >= 0.6 is 0 Å². The normalized spacial score (nSPS) is 11.4. The highest BCUT2D eigenvalue weighted by molar-refractivity contribution is 5.28. The van der Waals surface area contributed by atoms with Gasteiger partial charge in [-0.25, -0.2) is 0 Å². The lowest BCUT2D eigenvalue weighted by atomic mass is 10.2. The fourth-order valence-electron chi connectivity index (χ4n) is 1.97. The number of rotatable bonds is 6. The second-order valence-corrected chi connectivity index (χ2v) is 4.99. The first kappa shape index (κ1) is 22.6. The fourth-order valence-corrected chi connectivity index (χ4v) is 1.97. The fraction of sp³-hybridized carbons (Fsp3) is 0.333. The molecular weight excluding hydrogens is 376 g/mol. The van der Waals surface area contributed by atoms with Crippen molar-refractivity contribution in [1.29, 1.82) is 0 Å². The van der Waals surface area contributed by atoms with Gasteiger partial charge in [0.1, 0.15) is 11.5 Å². The summed E-state index contributed by atoms with van der Waals surface area (Å²) < 4.78 is 79.8. The van der Waals surface area contributed by atoms with Crippen LogP contribution in [-0.4, -0.2) is 12.7 Å². The summed E-state index contributed by atoms with van der Waals surface area (Å²) in [6.07, 6.45) is -9.47. The summed E-state index contributed by atoms with van der Waals surface area (Å²) in [7, 11) is 0. The predicted octanol–water partition coefficient (Wildman–Crippen LogP) is 5.80. The lowest BCUT2D eigenvalue weighted by Crippen LogP contribution is -2.17. The zero-order chi connectivity index (χ0) is 20.5. The molecule has 0 amide bonds. The van der Waals surface area contributed by atoms with Crippen LogP contribution in [0.3, 0.4) is 0 Å². The van der Waals surface area contributed by atoms with Crippen LogP contribution in [0.5, 0.6) is 11.5 Å². The van der Waals surface area contributed by atoms with Crippen LogP contribution in [-0.2, 0) is 13.1 Å². The van der Waals surface area contributed by atoms with E-state index in [-0.39, 0.29) is 11.5 Å². The SMILES string of the molecule is CC.FC(F)(F)Oc1ccc(CNCc2ccc(OC(F)(F)F)cc2)cc1. The lowest BCUT2D eigenvalue weighted by molar-refractivity contribution is -0.275. The Hall–Kier alpha value is -2.42. The zero-order valence-electron chi connectivity index (χ0n) is 14.6. The van der Waals surface area contributed by atoms with E-state index in [9.17, 15) is 26.3 Å². The molecule has 0 saturated heterocycles. The standard InChI is InChI=1S/C16H13F6NO2.C2H6/c17-15(18,19)24-13-5-1-11(2-6-13)9-23-10-12-3-7-14(8-4-12)25-16(20,21)22;1-2/h1-8,23H,9-10H2;1-2H3. The molecular formula is C18H19F6NO2. The third-order valence-electron chi connectivity index (χ3n) is 2.97. The van der Waals surface area contributed by atoms with Crippen molar-refractivity contribution in [3.05, 3.63) is 59.7 Å². The van der Waals surface area contributed by atoms with E-state index in [4.69, 9.17) is 0 Å². The van der Waals surface area contributed by atoms with E-state index in [1.54, 1.807) is 0 Å². The topological polar surface area (TPSA) is 30.5 Å². The maximum absolute atomic E-state index is 12.0. The molecule has 9 heteroatoms. The van der Waals surface area contributed by atoms with E-state index < -0.39 is 12.7 Å². The summed E-state index contributed by atoms with van der Waals surface area (Å²) in [4.78, 5) is 0. The predicted molar refractivity (Wildman–Crippen MR) is 88.1 cm³/mol. The van der Waals surface area contributed by atoms with Crippen molar-refractivity contribution >= 4 is 0 Å². The summed E-state index contributed by atoms with van der Waals surface area (Å²) in [5, 5.41) is 3.03. The Balaban J connectivity index is 0.00000176. The Morgan fingerprint density at radius 1 is 0.630 bits per heavy atom. The van der Waals surface area contributed by atoms with Crippen LogP contribution in [0.15, 0.2) is 48.5 Å². The molecule has 0 aromatic heterocycles. The Kier molecular flexibility index (Phi) is 8.42. The van der Waals surface area contributed by atoms with Crippen LogP contribution in [0.1, 0.15) is 25.0 Å². The molecule has 1 N–H and O–H groups in total. The zero-order valence-corrected chi connectivity index (χ0v) is 14.6. The van der Waals surface area contributed by atoms with E-state index >= 15 is 0 Å². The summed E-state index contributed by atoms with van der Waals surface area (Å²) in [6.45, 7) is 4.74. The van der Waals surface area contributed by atoms with Gasteiger partial charge in [-0.3, -0.25) is 0 Å². The van der Waals surface area contributed by atoms with Gasteiger partial charge in [-0.15, -0.1) is 26.3 Å². The van der Waals surface area contributed by atoms with Crippen LogP contribution in [0.25, 0.3) is 0 Å². The van der Waals surface area contributed by atoms with Crippen LogP contribution in [0.2, 0.25) is 0 Å².